The number of nitrogens with zero attached hydrogens (tertiary/aromatic N) is 1. The lowest BCUT2D eigenvalue weighted by atomic mass is 9.88. The molecule has 1 unspecified atom stereocenters. The molecule has 1 fully saturated rings. The number of hydrogen-bond donors (Lipinski definition) is 1. The third-order valence-electron chi connectivity index (χ3n) is 3.63. The Morgan fingerprint density at radius 1 is 1.53 bits per heavy atom. The van der Waals surface area contributed by atoms with Gasteiger partial charge in [0.1, 0.15) is 0 Å². The van der Waals surface area contributed by atoms with Crippen LogP contribution in [-0.4, -0.2) is 29.4 Å². The van der Waals surface area contributed by atoms with Crippen molar-refractivity contribution in [3.63, 3.8) is 0 Å². The average molecular weight is 212 g/mol. The van der Waals surface area contributed by atoms with Gasteiger partial charge in [-0.25, -0.2) is 0 Å². The smallest absolute Gasteiger partial charge is 0.223 e. The standard InChI is InChI=1S/C12H24N2O/c1-9(2)5-6-14-11(15)7-10(8-13)12(14,3)4/h9-10H,5-8,13H2,1-4H3. The third-order valence-corrected chi connectivity index (χ3v) is 3.63. The quantitative estimate of drug-likeness (QED) is 0.769. The average Bonchev–Trinajstić information content (AvgIpc) is 2.33. The molecule has 0 radical (unpaired) electrons. The molecule has 0 aliphatic carbocycles. The van der Waals surface area contributed by atoms with Crippen molar-refractivity contribution in [2.45, 2.75) is 46.1 Å². The minimum absolute atomic E-state index is 0.0548. The minimum atomic E-state index is -0.0548. The summed E-state index contributed by atoms with van der Waals surface area (Å²) in [5, 5.41) is 0. The van der Waals surface area contributed by atoms with E-state index in [1.807, 2.05) is 4.90 Å². The lowest BCUT2D eigenvalue weighted by Crippen LogP contribution is -2.46. The van der Waals surface area contributed by atoms with Gasteiger partial charge in [-0.2, -0.15) is 0 Å². The van der Waals surface area contributed by atoms with E-state index < -0.39 is 0 Å². The van der Waals surface area contributed by atoms with Crippen molar-refractivity contribution in [1.29, 1.82) is 0 Å². The molecule has 1 rings (SSSR count). The first kappa shape index (κ1) is 12.5. The molecule has 0 saturated carbocycles. The van der Waals surface area contributed by atoms with Gasteiger partial charge in [-0.05, 0) is 32.7 Å². The highest BCUT2D eigenvalue weighted by Gasteiger charge is 2.44. The largest absolute Gasteiger partial charge is 0.337 e. The molecule has 0 aromatic carbocycles. The van der Waals surface area contributed by atoms with Gasteiger partial charge in [-0.1, -0.05) is 13.8 Å². The number of nitrogens with two attached hydrogens (primary N) is 1. The van der Waals surface area contributed by atoms with Crippen LogP contribution in [0.25, 0.3) is 0 Å². The molecule has 1 aliphatic rings. The van der Waals surface area contributed by atoms with Crippen LogP contribution in [0.1, 0.15) is 40.5 Å². The fourth-order valence-corrected chi connectivity index (χ4v) is 2.28. The van der Waals surface area contributed by atoms with Gasteiger partial charge in [-0.3, -0.25) is 4.79 Å². The van der Waals surface area contributed by atoms with Crippen molar-refractivity contribution >= 4 is 5.91 Å². The zero-order chi connectivity index (χ0) is 11.6. The van der Waals surface area contributed by atoms with Crippen LogP contribution in [0.15, 0.2) is 0 Å². The van der Waals surface area contributed by atoms with Crippen molar-refractivity contribution in [2.75, 3.05) is 13.1 Å². The maximum absolute atomic E-state index is 11.8. The van der Waals surface area contributed by atoms with E-state index in [-0.39, 0.29) is 11.4 Å². The summed E-state index contributed by atoms with van der Waals surface area (Å²) in [7, 11) is 0. The van der Waals surface area contributed by atoms with Gasteiger partial charge in [0.25, 0.3) is 0 Å². The van der Waals surface area contributed by atoms with Crippen molar-refractivity contribution in [3.8, 4) is 0 Å². The molecule has 1 heterocycles. The lowest BCUT2D eigenvalue weighted by Gasteiger charge is -2.36. The van der Waals surface area contributed by atoms with E-state index >= 15 is 0 Å². The summed E-state index contributed by atoms with van der Waals surface area (Å²) in [4.78, 5) is 13.9. The zero-order valence-electron chi connectivity index (χ0n) is 10.4. The molecular formula is C12H24N2O. The van der Waals surface area contributed by atoms with Crippen molar-refractivity contribution < 1.29 is 4.79 Å². The molecule has 0 bridgehead atoms. The van der Waals surface area contributed by atoms with Crippen LogP contribution in [0.3, 0.4) is 0 Å². The second-order valence-corrected chi connectivity index (χ2v) is 5.52. The van der Waals surface area contributed by atoms with E-state index in [9.17, 15) is 4.79 Å². The molecule has 2 N–H and O–H groups in total. The second kappa shape index (κ2) is 4.52. The second-order valence-electron chi connectivity index (χ2n) is 5.52. The molecule has 1 saturated heterocycles. The van der Waals surface area contributed by atoms with Gasteiger partial charge in [0.15, 0.2) is 0 Å². The number of amides is 1. The summed E-state index contributed by atoms with van der Waals surface area (Å²) in [6.07, 6.45) is 1.70. The maximum atomic E-state index is 11.8. The summed E-state index contributed by atoms with van der Waals surface area (Å²) >= 11 is 0. The monoisotopic (exact) mass is 212 g/mol. The van der Waals surface area contributed by atoms with E-state index in [4.69, 9.17) is 5.73 Å². The predicted octanol–water partition coefficient (Wildman–Crippen LogP) is 1.62. The van der Waals surface area contributed by atoms with Crippen LogP contribution in [0.2, 0.25) is 0 Å². The molecule has 1 aliphatic heterocycles. The van der Waals surface area contributed by atoms with Crippen LogP contribution in [0.5, 0.6) is 0 Å². The number of likely N-dealkylation sites (tertiary alicyclic amines) is 1. The van der Waals surface area contributed by atoms with Crippen molar-refractivity contribution in [2.24, 2.45) is 17.6 Å². The SMILES string of the molecule is CC(C)CCN1C(=O)CC(CN)C1(C)C. The Kier molecular flexibility index (Phi) is 3.77. The van der Waals surface area contributed by atoms with Gasteiger partial charge < -0.3 is 10.6 Å². The third kappa shape index (κ3) is 2.51. The topological polar surface area (TPSA) is 46.3 Å². The number of carbonyl (C=O) groups is 1. The summed E-state index contributed by atoms with van der Waals surface area (Å²) in [6.45, 7) is 10.1. The molecule has 0 aromatic heterocycles. The van der Waals surface area contributed by atoms with Crippen LogP contribution in [0.4, 0.5) is 0 Å². The predicted molar refractivity (Wildman–Crippen MR) is 62.4 cm³/mol. The highest BCUT2D eigenvalue weighted by atomic mass is 16.2. The molecule has 88 valence electrons. The highest BCUT2D eigenvalue weighted by Crippen LogP contribution is 2.34. The fourth-order valence-electron chi connectivity index (χ4n) is 2.28. The Hall–Kier alpha value is -0.570. The Labute approximate surface area is 93.0 Å². The van der Waals surface area contributed by atoms with Crippen molar-refractivity contribution in [3.05, 3.63) is 0 Å². The van der Waals surface area contributed by atoms with E-state index in [0.717, 1.165) is 13.0 Å². The Morgan fingerprint density at radius 2 is 2.13 bits per heavy atom. The Balaban J connectivity index is 2.66. The highest BCUT2D eigenvalue weighted by molar-refractivity contribution is 5.80. The first-order valence-electron chi connectivity index (χ1n) is 5.90. The molecule has 0 spiro atoms. The Morgan fingerprint density at radius 3 is 2.53 bits per heavy atom. The maximum Gasteiger partial charge on any atom is 0.223 e. The van der Waals surface area contributed by atoms with Gasteiger partial charge in [-0.15, -0.1) is 0 Å². The summed E-state index contributed by atoms with van der Waals surface area (Å²) in [6, 6.07) is 0. The van der Waals surface area contributed by atoms with Gasteiger partial charge >= 0.3 is 0 Å². The minimum Gasteiger partial charge on any atom is -0.337 e. The molecule has 1 atom stereocenters. The Bertz CT molecular complexity index is 236. The number of rotatable bonds is 4. The summed E-state index contributed by atoms with van der Waals surface area (Å²) < 4.78 is 0. The van der Waals surface area contributed by atoms with E-state index in [0.29, 0.717) is 24.8 Å². The van der Waals surface area contributed by atoms with E-state index in [2.05, 4.69) is 27.7 Å². The molecule has 0 aromatic rings. The van der Waals surface area contributed by atoms with Crippen molar-refractivity contribution in [1.82, 2.24) is 4.90 Å². The summed E-state index contributed by atoms with van der Waals surface area (Å²) in [5.41, 5.74) is 5.66. The van der Waals surface area contributed by atoms with Crippen LogP contribution < -0.4 is 5.73 Å². The normalized spacial score (nSPS) is 25.3. The molecule has 3 nitrogen and oxygen atoms in total. The first-order valence-corrected chi connectivity index (χ1v) is 5.90. The number of carbonyl (C=O) groups excluding carboxylic acids is 1. The zero-order valence-corrected chi connectivity index (χ0v) is 10.4. The lowest BCUT2D eigenvalue weighted by molar-refractivity contribution is -0.130. The van der Waals surface area contributed by atoms with Gasteiger partial charge in [0.05, 0.1) is 0 Å². The fraction of sp³-hybridized carbons (Fsp3) is 0.917. The van der Waals surface area contributed by atoms with Crippen LogP contribution in [0, 0.1) is 11.8 Å². The first-order chi connectivity index (χ1) is 6.89. The van der Waals surface area contributed by atoms with E-state index in [1.54, 1.807) is 0 Å². The van der Waals surface area contributed by atoms with Crippen LogP contribution >= 0.6 is 0 Å². The molecule has 3 heteroatoms. The molecular weight excluding hydrogens is 188 g/mol. The van der Waals surface area contributed by atoms with E-state index in [1.165, 1.54) is 0 Å². The summed E-state index contributed by atoms with van der Waals surface area (Å²) in [5.74, 6) is 1.23. The van der Waals surface area contributed by atoms with Crippen LogP contribution in [-0.2, 0) is 4.79 Å². The molecule has 1 amide bonds. The van der Waals surface area contributed by atoms with Gasteiger partial charge in [0, 0.05) is 24.4 Å². The van der Waals surface area contributed by atoms with Gasteiger partial charge in [0.2, 0.25) is 5.91 Å². The molecule has 15 heavy (non-hydrogen) atoms. The number of hydrogen-bond acceptors (Lipinski definition) is 2.